The third kappa shape index (κ3) is 5.36. The molecule has 0 aromatic carbocycles. The lowest BCUT2D eigenvalue weighted by molar-refractivity contribution is 0.0777. The summed E-state index contributed by atoms with van der Waals surface area (Å²) in [6, 6.07) is 0.583. The molecule has 1 unspecified atom stereocenters. The molecule has 0 saturated carbocycles. The molecule has 1 heterocycles. The Kier molecular flexibility index (Phi) is 5.90. The number of nitrogens with one attached hydrogen (secondary N) is 1. The molecule has 0 bridgehead atoms. The van der Waals surface area contributed by atoms with Crippen LogP contribution in [0, 0.1) is 5.41 Å². The lowest BCUT2D eigenvalue weighted by Crippen LogP contribution is -2.44. The van der Waals surface area contributed by atoms with E-state index in [0.29, 0.717) is 11.5 Å². The number of nitrogens with zero attached hydrogens (tertiary/aromatic N) is 1. The van der Waals surface area contributed by atoms with Crippen LogP contribution in [-0.2, 0) is 0 Å². The van der Waals surface area contributed by atoms with Gasteiger partial charge in [-0.15, -0.1) is 0 Å². The zero-order chi connectivity index (χ0) is 12.9. The zero-order valence-electron chi connectivity index (χ0n) is 12.0. The molecule has 3 heteroatoms. The van der Waals surface area contributed by atoms with Gasteiger partial charge in [0.25, 0.3) is 0 Å². The molecule has 1 atom stereocenters. The Morgan fingerprint density at radius 3 is 2.35 bits per heavy atom. The topological polar surface area (TPSA) is 35.5 Å². The fourth-order valence-electron chi connectivity index (χ4n) is 2.54. The van der Waals surface area contributed by atoms with Crippen molar-refractivity contribution in [1.82, 2.24) is 10.2 Å². The molecular weight excluding hydrogens is 212 g/mol. The van der Waals surface area contributed by atoms with Crippen molar-refractivity contribution in [2.45, 2.75) is 59.1 Å². The standard InChI is InChI=1S/C14H30N2O/c1-5-15-13(14(2,3)4)8-11-16-9-6-12(17)7-10-16/h12-13,15,17H,5-11H2,1-4H3. The van der Waals surface area contributed by atoms with Crippen molar-refractivity contribution in [1.29, 1.82) is 0 Å². The van der Waals surface area contributed by atoms with Gasteiger partial charge in [0, 0.05) is 19.1 Å². The van der Waals surface area contributed by atoms with Crippen LogP contribution in [0.1, 0.15) is 47.0 Å². The SMILES string of the molecule is CCNC(CCN1CCC(O)CC1)C(C)(C)C. The minimum atomic E-state index is -0.0570. The number of likely N-dealkylation sites (tertiary alicyclic amines) is 1. The van der Waals surface area contributed by atoms with Gasteiger partial charge in [0.05, 0.1) is 6.10 Å². The quantitative estimate of drug-likeness (QED) is 0.772. The first kappa shape index (κ1) is 14.9. The molecule has 17 heavy (non-hydrogen) atoms. The Labute approximate surface area is 107 Å². The van der Waals surface area contributed by atoms with Crippen LogP contribution >= 0.6 is 0 Å². The van der Waals surface area contributed by atoms with Gasteiger partial charge in [0.1, 0.15) is 0 Å². The van der Waals surface area contributed by atoms with Crippen molar-refractivity contribution in [3.63, 3.8) is 0 Å². The molecule has 1 rings (SSSR count). The number of aliphatic hydroxyl groups excluding tert-OH is 1. The van der Waals surface area contributed by atoms with Gasteiger partial charge in [0.15, 0.2) is 0 Å². The fourth-order valence-corrected chi connectivity index (χ4v) is 2.54. The molecule has 102 valence electrons. The second-order valence-electron chi connectivity index (χ2n) is 6.34. The van der Waals surface area contributed by atoms with Gasteiger partial charge in [-0.2, -0.15) is 0 Å². The predicted octanol–water partition coefficient (Wildman–Crippen LogP) is 1.86. The van der Waals surface area contributed by atoms with Gasteiger partial charge in [-0.3, -0.25) is 0 Å². The summed E-state index contributed by atoms with van der Waals surface area (Å²) < 4.78 is 0. The highest BCUT2D eigenvalue weighted by atomic mass is 16.3. The summed E-state index contributed by atoms with van der Waals surface area (Å²) >= 11 is 0. The Morgan fingerprint density at radius 2 is 1.88 bits per heavy atom. The van der Waals surface area contributed by atoms with Gasteiger partial charge in [0.2, 0.25) is 0 Å². The van der Waals surface area contributed by atoms with Gasteiger partial charge in [-0.25, -0.2) is 0 Å². The van der Waals surface area contributed by atoms with Gasteiger partial charge in [-0.05, 0) is 37.8 Å². The van der Waals surface area contributed by atoms with Crippen molar-refractivity contribution in [2.24, 2.45) is 5.41 Å². The van der Waals surface area contributed by atoms with Crippen LogP contribution in [0.3, 0.4) is 0 Å². The maximum absolute atomic E-state index is 9.48. The van der Waals surface area contributed by atoms with Crippen molar-refractivity contribution < 1.29 is 5.11 Å². The molecule has 3 nitrogen and oxygen atoms in total. The van der Waals surface area contributed by atoms with Crippen LogP contribution in [-0.4, -0.2) is 48.3 Å². The van der Waals surface area contributed by atoms with Crippen molar-refractivity contribution in [3.8, 4) is 0 Å². The third-order valence-corrected chi connectivity index (χ3v) is 3.79. The van der Waals surface area contributed by atoms with Crippen LogP contribution in [0.15, 0.2) is 0 Å². The molecule has 0 aromatic heterocycles. The number of hydrogen-bond acceptors (Lipinski definition) is 3. The molecular formula is C14H30N2O. The molecule has 1 saturated heterocycles. The molecule has 0 amide bonds. The maximum atomic E-state index is 9.48. The van der Waals surface area contributed by atoms with Crippen molar-refractivity contribution in [3.05, 3.63) is 0 Å². The number of piperidine rings is 1. The van der Waals surface area contributed by atoms with E-state index in [1.807, 2.05) is 0 Å². The van der Waals surface area contributed by atoms with Gasteiger partial charge in [-0.1, -0.05) is 27.7 Å². The van der Waals surface area contributed by atoms with E-state index < -0.39 is 0 Å². The lowest BCUT2D eigenvalue weighted by atomic mass is 9.84. The molecule has 0 spiro atoms. The summed E-state index contributed by atoms with van der Waals surface area (Å²) in [4.78, 5) is 2.49. The van der Waals surface area contributed by atoms with Crippen LogP contribution < -0.4 is 5.32 Å². The average Bonchev–Trinajstić information content (AvgIpc) is 2.25. The Balaban J connectivity index is 2.31. The summed E-state index contributed by atoms with van der Waals surface area (Å²) in [5.41, 5.74) is 0.325. The van der Waals surface area contributed by atoms with Crippen LogP contribution in [0.2, 0.25) is 0 Å². The van der Waals surface area contributed by atoms with E-state index in [-0.39, 0.29) is 6.10 Å². The first-order valence-corrected chi connectivity index (χ1v) is 7.07. The Hall–Kier alpha value is -0.120. The van der Waals surface area contributed by atoms with Crippen molar-refractivity contribution in [2.75, 3.05) is 26.2 Å². The molecule has 0 aromatic rings. The van der Waals surface area contributed by atoms with Crippen LogP contribution in [0.4, 0.5) is 0 Å². The monoisotopic (exact) mass is 242 g/mol. The number of rotatable bonds is 5. The summed E-state index contributed by atoms with van der Waals surface area (Å²) in [6.07, 6.45) is 3.04. The molecule has 0 aliphatic carbocycles. The van der Waals surface area contributed by atoms with E-state index in [2.05, 4.69) is 37.9 Å². The minimum absolute atomic E-state index is 0.0570. The smallest absolute Gasteiger partial charge is 0.0564 e. The maximum Gasteiger partial charge on any atom is 0.0564 e. The molecule has 0 radical (unpaired) electrons. The third-order valence-electron chi connectivity index (χ3n) is 3.79. The highest BCUT2D eigenvalue weighted by Crippen LogP contribution is 2.22. The van der Waals surface area contributed by atoms with Crippen molar-refractivity contribution >= 4 is 0 Å². The Bertz CT molecular complexity index is 205. The number of aliphatic hydroxyl groups is 1. The minimum Gasteiger partial charge on any atom is -0.393 e. The van der Waals surface area contributed by atoms with Gasteiger partial charge < -0.3 is 15.3 Å². The number of hydrogen-bond donors (Lipinski definition) is 2. The van der Waals surface area contributed by atoms with E-state index in [9.17, 15) is 5.11 Å². The van der Waals surface area contributed by atoms with E-state index in [1.54, 1.807) is 0 Å². The zero-order valence-corrected chi connectivity index (χ0v) is 12.0. The van der Waals surface area contributed by atoms with E-state index in [0.717, 1.165) is 39.0 Å². The van der Waals surface area contributed by atoms with Crippen LogP contribution in [0.25, 0.3) is 0 Å². The predicted molar refractivity (Wildman–Crippen MR) is 73.2 cm³/mol. The Morgan fingerprint density at radius 1 is 1.29 bits per heavy atom. The molecule has 1 aliphatic heterocycles. The summed E-state index contributed by atoms with van der Waals surface area (Å²) in [7, 11) is 0. The second-order valence-corrected chi connectivity index (χ2v) is 6.34. The van der Waals surface area contributed by atoms with E-state index in [4.69, 9.17) is 0 Å². The van der Waals surface area contributed by atoms with Gasteiger partial charge >= 0.3 is 0 Å². The summed E-state index contributed by atoms with van der Waals surface area (Å²) in [6.45, 7) is 13.4. The highest BCUT2D eigenvalue weighted by molar-refractivity contribution is 4.82. The largest absolute Gasteiger partial charge is 0.393 e. The summed E-state index contributed by atoms with van der Waals surface area (Å²) in [5.74, 6) is 0. The molecule has 2 N–H and O–H groups in total. The normalized spacial score (nSPS) is 21.7. The summed E-state index contributed by atoms with van der Waals surface area (Å²) in [5, 5.41) is 13.1. The highest BCUT2D eigenvalue weighted by Gasteiger charge is 2.25. The van der Waals surface area contributed by atoms with Crippen LogP contribution in [0.5, 0.6) is 0 Å². The van der Waals surface area contributed by atoms with E-state index in [1.165, 1.54) is 6.42 Å². The first-order valence-electron chi connectivity index (χ1n) is 7.07. The second kappa shape index (κ2) is 6.72. The lowest BCUT2D eigenvalue weighted by Gasteiger charge is -2.35. The van der Waals surface area contributed by atoms with E-state index >= 15 is 0 Å². The molecule has 1 aliphatic rings. The molecule has 1 fully saturated rings. The first-order chi connectivity index (χ1) is 7.93. The average molecular weight is 242 g/mol. The fraction of sp³-hybridized carbons (Fsp3) is 1.00.